The molecule has 0 unspecified atom stereocenters. The molecule has 0 atom stereocenters. The van der Waals surface area contributed by atoms with E-state index in [0.717, 1.165) is 18.7 Å². The molecule has 0 bridgehead atoms. The summed E-state index contributed by atoms with van der Waals surface area (Å²) in [4.78, 5) is 21.7. The molecule has 0 aliphatic carbocycles. The molecule has 6 heteroatoms. The summed E-state index contributed by atoms with van der Waals surface area (Å²) in [6, 6.07) is 21.5. The Kier molecular flexibility index (Phi) is 10.6. The predicted octanol–water partition coefficient (Wildman–Crippen LogP) is 3.00. The number of benzene rings is 2. The van der Waals surface area contributed by atoms with Crippen LogP contribution in [0.2, 0.25) is 0 Å². The Morgan fingerprint density at radius 2 is 1.48 bits per heavy atom. The molecule has 1 fully saturated rings. The van der Waals surface area contributed by atoms with E-state index in [4.69, 9.17) is 10.2 Å². The Morgan fingerprint density at radius 3 is 2.03 bits per heavy atom. The number of nitrogens with zero attached hydrogens (tertiary/aromatic N) is 1. The van der Waals surface area contributed by atoms with Gasteiger partial charge in [-0.3, -0.25) is 4.90 Å². The van der Waals surface area contributed by atoms with Crippen molar-refractivity contribution in [1.29, 1.82) is 0 Å². The maximum atomic E-state index is 9.55. The first-order chi connectivity index (χ1) is 15.0. The summed E-state index contributed by atoms with van der Waals surface area (Å²) in [5.74, 6) is 3.91. The van der Waals surface area contributed by atoms with Crippen molar-refractivity contribution in [2.75, 3.05) is 19.6 Å². The highest BCUT2D eigenvalue weighted by Gasteiger charge is 2.18. The molecule has 1 saturated heterocycles. The van der Waals surface area contributed by atoms with Crippen LogP contribution in [-0.2, 0) is 16.1 Å². The zero-order chi connectivity index (χ0) is 22.3. The van der Waals surface area contributed by atoms with E-state index in [2.05, 4.69) is 64.5 Å². The smallest absolute Gasteiger partial charge is 0.328 e. The van der Waals surface area contributed by atoms with Crippen LogP contribution in [0, 0.1) is 11.8 Å². The van der Waals surface area contributed by atoms with Crippen molar-refractivity contribution in [1.82, 2.24) is 10.2 Å². The molecule has 31 heavy (non-hydrogen) atoms. The topological polar surface area (TPSA) is 89.9 Å². The predicted molar refractivity (Wildman–Crippen MR) is 120 cm³/mol. The number of hydrogen-bond donors (Lipinski definition) is 3. The number of carboxylic acids is 2. The highest BCUT2D eigenvalue weighted by molar-refractivity contribution is 5.89. The SMILES string of the molecule is C(#Cc1ccccc1)CNC1CCN(Cc2ccccc2)CC1.O=C(O)/C=C/C(=O)O. The molecule has 3 rings (SSSR count). The van der Waals surface area contributed by atoms with Crippen molar-refractivity contribution in [3.63, 3.8) is 0 Å². The molecule has 2 aromatic rings. The zero-order valence-corrected chi connectivity index (χ0v) is 17.4. The minimum absolute atomic E-state index is 0.558. The van der Waals surface area contributed by atoms with E-state index in [1.165, 1.54) is 31.5 Å². The van der Waals surface area contributed by atoms with Crippen LogP contribution in [0.5, 0.6) is 0 Å². The van der Waals surface area contributed by atoms with Gasteiger partial charge in [0, 0.05) is 30.3 Å². The van der Waals surface area contributed by atoms with Crippen molar-refractivity contribution < 1.29 is 19.8 Å². The highest BCUT2D eigenvalue weighted by Crippen LogP contribution is 2.13. The molecule has 0 saturated carbocycles. The summed E-state index contributed by atoms with van der Waals surface area (Å²) in [6.07, 6.45) is 3.53. The first-order valence-corrected chi connectivity index (χ1v) is 10.2. The average Bonchev–Trinajstić information content (AvgIpc) is 2.78. The van der Waals surface area contributed by atoms with Gasteiger partial charge in [0.1, 0.15) is 0 Å². The maximum absolute atomic E-state index is 9.55. The van der Waals surface area contributed by atoms with Gasteiger partial charge < -0.3 is 15.5 Å². The fourth-order valence-electron chi connectivity index (χ4n) is 3.14. The number of nitrogens with one attached hydrogen (secondary N) is 1. The lowest BCUT2D eigenvalue weighted by molar-refractivity contribution is -0.134. The van der Waals surface area contributed by atoms with Crippen molar-refractivity contribution >= 4 is 11.9 Å². The van der Waals surface area contributed by atoms with E-state index in [1.807, 2.05) is 18.2 Å². The van der Waals surface area contributed by atoms with Gasteiger partial charge in [0.05, 0.1) is 6.54 Å². The molecule has 1 aliphatic heterocycles. The summed E-state index contributed by atoms with van der Waals surface area (Å²) < 4.78 is 0. The third kappa shape index (κ3) is 10.8. The van der Waals surface area contributed by atoms with Crippen LogP contribution >= 0.6 is 0 Å². The number of hydrogen-bond acceptors (Lipinski definition) is 4. The van der Waals surface area contributed by atoms with Crippen LogP contribution in [0.1, 0.15) is 24.0 Å². The summed E-state index contributed by atoms with van der Waals surface area (Å²) in [5, 5.41) is 19.2. The monoisotopic (exact) mass is 420 g/mol. The van der Waals surface area contributed by atoms with E-state index in [-0.39, 0.29) is 0 Å². The van der Waals surface area contributed by atoms with Crippen LogP contribution in [-0.4, -0.2) is 52.7 Å². The number of aliphatic carboxylic acids is 2. The van der Waals surface area contributed by atoms with E-state index in [0.29, 0.717) is 18.2 Å². The van der Waals surface area contributed by atoms with Gasteiger partial charge in [-0.1, -0.05) is 60.4 Å². The standard InChI is InChI=1S/C21H24N2.C4H4O4/c1-3-8-19(9-4-1)12-7-15-22-21-13-16-23(17-14-21)18-20-10-5-2-6-11-20;5-3(6)1-2-4(7)8/h1-6,8-11,21-22H,13-18H2;1-2H,(H,5,6)(H,7,8)/b;2-1+. The van der Waals surface area contributed by atoms with Crippen LogP contribution in [0.4, 0.5) is 0 Å². The molecule has 162 valence electrons. The van der Waals surface area contributed by atoms with Gasteiger partial charge in [0.2, 0.25) is 0 Å². The van der Waals surface area contributed by atoms with Gasteiger partial charge in [-0.2, -0.15) is 0 Å². The molecular weight excluding hydrogens is 392 g/mol. The quantitative estimate of drug-likeness (QED) is 0.492. The Balaban J connectivity index is 0.000000366. The van der Waals surface area contributed by atoms with E-state index in [9.17, 15) is 9.59 Å². The van der Waals surface area contributed by atoms with Crippen molar-refractivity contribution in [3.05, 3.63) is 83.9 Å². The van der Waals surface area contributed by atoms with E-state index in [1.54, 1.807) is 0 Å². The molecule has 6 nitrogen and oxygen atoms in total. The second-order valence-electron chi connectivity index (χ2n) is 7.09. The Labute approximate surface area is 183 Å². The molecule has 2 aromatic carbocycles. The lowest BCUT2D eigenvalue weighted by Crippen LogP contribution is -2.42. The lowest BCUT2D eigenvalue weighted by Gasteiger charge is -2.32. The van der Waals surface area contributed by atoms with Crippen molar-refractivity contribution in [2.24, 2.45) is 0 Å². The van der Waals surface area contributed by atoms with Gasteiger partial charge in [0.25, 0.3) is 0 Å². The lowest BCUT2D eigenvalue weighted by atomic mass is 10.0. The zero-order valence-electron chi connectivity index (χ0n) is 17.4. The summed E-state index contributed by atoms with van der Waals surface area (Å²) in [6.45, 7) is 4.18. The van der Waals surface area contributed by atoms with Crippen molar-refractivity contribution in [2.45, 2.75) is 25.4 Å². The van der Waals surface area contributed by atoms with Gasteiger partial charge in [-0.05, 0) is 43.6 Å². The summed E-state index contributed by atoms with van der Waals surface area (Å²) in [5.41, 5.74) is 2.50. The normalized spacial score (nSPS) is 14.2. The molecule has 3 N–H and O–H groups in total. The summed E-state index contributed by atoms with van der Waals surface area (Å²) >= 11 is 0. The first kappa shape index (κ1) is 23.9. The number of piperidine rings is 1. The number of carbonyl (C=O) groups is 2. The Bertz CT molecular complexity index is 877. The van der Waals surface area contributed by atoms with E-state index >= 15 is 0 Å². The van der Waals surface area contributed by atoms with Crippen LogP contribution < -0.4 is 5.32 Å². The van der Waals surface area contributed by atoms with Crippen LogP contribution in [0.15, 0.2) is 72.8 Å². The summed E-state index contributed by atoms with van der Waals surface area (Å²) in [7, 11) is 0. The molecule has 1 heterocycles. The van der Waals surface area contributed by atoms with Crippen LogP contribution in [0.25, 0.3) is 0 Å². The third-order valence-corrected chi connectivity index (χ3v) is 4.69. The fourth-order valence-corrected chi connectivity index (χ4v) is 3.14. The van der Waals surface area contributed by atoms with Gasteiger partial charge in [-0.25, -0.2) is 9.59 Å². The fraction of sp³-hybridized carbons (Fsp3) is 0.280. The Morgan fingerprint density at radius 1 is 0.935 bits per heavy atom. The molecule has 0 radical (unpaired) electrons. The number of likely N-dealkylation sites (tertiary alicyclic amines) is 1. The van der Waals surface area contributed by atoms with Gasteiger partial charge in [-0.15, -0.1) is 0 Å². The van der Waals surface area contributed by atoms with Crippen molar-refractivity contribution in [3.8, 4) is 11.8 Å². The molecular formula is C25H28N2O4. The molecule has 1 aliphatic rings. The molecule has 0 spiro atoms. The maximum Gasteiger partial charge on any atom is 0.328 e. The number of carboxylic acid groups (broad SMARTS) is 2. The number of rotatable bonds is 6. The highest BCUT2D eigenvalue weighted by atomic mass is 16.4. The van der Waals surface area contributed by atoms with Gasteiger partial charge in [0.15, 0.2) is 0 Å². The van der Waals surface area contributed by atoms with E-state index < -0.39 is 11.9 Å². The second-order valence-corrected chi connectivity index (χ2v) is 7.09. The first-order valence-electron chi connectivity index (χ1n) is 10.2. The second kappa shape index (κ2) is 13.8. The minimum atomic E-state index is -1.26. The Hall–Kier alpha value is -3.40. The minimum Gasteiger partial charge on any atom is -0.478 e. The third-order valence-electron chi connectivity index (χ3n) is 4.69. The molecule has 0 amide bonds. The average molecular weight is 421 g/mol. The molecule has 0 aromatic heterocycles. The van der Waals surface area contributed by atoms with Gasteiger partial charge >= 0.3 is 11.9 Å². The largest absolute Gasteiger partial charge is 0.478 e. The van der Waals surface area contributed by atoms with Crippen LogP contribution in [0.3, 0.4) is 0 Å².